The molecule has 2 amide bonds. The van der Waals surface area contributed by atoms with Crippen LogP contribution in [0.2, 0.25) is 0 Å². The van der Waals surface area contributed by atoms with Gasteiger partial charge in [-0.15, -0.1) is 0 Å². The Morgan fingerprint density at radius 1 is 1.09 bits per heavy atom. The summed E-state index contributed by atoms with van der Waals surface area (Å²) in [7, 11) is 0. The number of carbonyl (C=O) groups is 3. The van der Waals surface area contributed by atoms with E-state index < -0.39 is 12.1 Å². The van der Waals surface area contributed by atoms with Crippen molar-refractivity contribution in [3.8, 4) is 11.1 Å². The van der Waals surface area contributed by atoms with E-state index in [4.69, 9.17) is 9.84 Å². The number of benzene rings is 2. The number of hydrogen-bond acceptors (Lipinski definition) is 4. The van der Waals surface area contributed by atoms with Crippen LogP contribution in [0.1, 0.15) is 62.5 Å². The van der Waals surface area contributed by atoms with Crippen LogP contribution in [0.3, 0.4) is 0 Å². The normalized spacial score (nSPS) is 17.7. The summed E-state index contributed by atoms with van der Waals surface area (Å²) in [5, 5.41) is 11.8. The molecule has 0 radical (unpaired) electrons. The molecule has 1 saturated heterocycles. The van der Waals surface area contributed by atoms with Crippen LogP contribution in [0.15, 0.2) is 48.5 Å². The van der Waals surface area contributed by atoms with Crippen LogP contribution < -0.4 is 5.32 Å². The molecule has 1 unspecified atom stereocenters. The molecule has 0 bridgehead atoms. The predicted octanol–water partition coefficient (Wildman–Crippen LogP) is 4.55. The molecule has 0 spiro atoms. The Bertz CT molecular complexity index is 1010. The van der Waals surface area contributed by atoms with Gasteiger partial charge in [-0.05, 0) is 47.9 Å². The third kappa shape index (κ3) is 5.24. The van der Waals surface area contributed by atoms with Crippen molar-refractivity contribution in [2.75, 3.05) is 13.2 Å². The number of rotatable bonds is 9. The van der Waals surface area contributed by atoms with Crippen LogP contribution in [-0.2, 0) is 14.3 Å². The number of carbonyl (C=O) groups excluding carboxylic acids is 2. The van der Waals surface area contributed by atoms with E-state index in [1.54, 1.807) is 4.90 Å². The van der Waals surface area contributed by atoms with Gasteiger partial charge >= 0.3 is 12.1 Å². The number of carboxylic acids is 1. The number of amides is 2. The number of alkyl carbamates (subject to hydrolysis) is 1. The van der Waals surface area contributed by atoms with Gasteiger partial charge < -0.3 is 20.1 Å². The van der Waals surface area contributed by atoms with Crippen molar-refractivity contribution in [3.63, 3.8) is 0 Å². The summed E-state index contributed by atoms with van der Waals surface area (Å²) in [6, 6.07) is 16.0. The van der Waals surface area contributed by atoms with E-state index in [-0.39, 0.29) is 43.4 Å². The Kier molecular flexibility index (Phi) is 7.50. The average molecular weight is 465 g/mol. The maximum Gasteiger partial charge on any atom is 0.407 e. The third-order valence-electron chi connectivity index (χ3n) is 6.97. The molecular weight excluding hydrogens is 432 g/mol. The predicted molar refractivity (Wildman–Crippen MR) is 129 cm³/mol. The first kappa shape index (κ1) is 23.8. The summed E-state index contributed by atoms with van der Waals surface area (Å²) in [5.41, 5.74) is 4.65. The third-order valence-corrected chi connectivity index (χ3v) is 6.97. The molecule has 180 valence electrons. The van der Waals surface area contributed by atoms with Crippen molar-refractivity contribution in [1.29, 1.82) is 0 Å². The largest absolute Gasteiger partial charge is 0.481 e. The van der Waals surface area contributed by atoms with Gasteiger partial charge in [-0.3, -0.25) is 9.59 Å². The first-order valence-electron chi connectivity index (χ1n) is 12.1. The number of ether oxygens (including phenoxy) is 1. The monoisotopic (exact) mass is 464 g/mol. The van der Waals surface area contributed by atoms with E-state index >= 15 is 0 Å². The quantitative estimate of drug-likeness (QED) is 0.568. The van der Waals surface area contributed by atoms with Crippen molar-refractivity contribution in [1.82, 2.24) is 10.2 Å². The summed E-state index contributed by atoms with van der Waals surface area (Å²) >= 11 is 0. The smallest absolute Gasteiger partial charge is 0.407 e. The average Bonchev–Trinajstić information content (AvgIpc) is 3.44. The van der Waals surface area contributed by atoms with E-state index in [1.165, 1.54) is 11.1 Å². The minimum atomic E-state index is -0.845. The van der Waals surface area contributed by atoms with Crippen LogP contribution in [0.5, 0.6) is 0 Å². The summed E-state index contributed by atoms with van der Waals surface area (Å²) < 4.78 is 5.62. The first-order chi connectivity index (χ1) is 16.5. The van der Waals surface area contributed by atoms with Gasteiger partial charge in [0.25, 0.3) is 0 Å². The molecule has 7 heteroatoms. The molecule has 2 N–H and O–H groups in total. The number of carboxylic acid groups (broad SMARTS) is 1. The fraction of sp³-hybridized carbons (Fsp3) is 0.444. The molecule has 1 aliphatic heterocycles. The maximum atomic E-state index is 12.9. The molecule has 1 aliphatic carbocycles. The van der Waals surface area contributed by atoms with Gasteiger partial charge in [-0.25, -0.2) is 4.79 Å². The Balaban J connectivity index is 1.32. The van der Waals surface area contributed by atoms with Gasteiger partial charge in [0, 0.05) is 37.4 Å². The zero-order valence-electron chi connectivity index (χ0n) is 19.5. The summed E-state index contributed by atoms with van der Waals surface area (Å²) in [6.07, 6.45) is 2.50. The van der Waals surface area contributed by atoms with Crippen molar-refractivity contribution in [2.24, 2.45) is 0 Å². The lowest BCUT2D eigenvalue weighted by Gasteiger charge is -2.26. The maximum absolute atomic E-state index is 12.9. The van der Waals surface area contributed by atoms with E-state index in [0.29, 0.717) is 19.4 Å². The fourth-order valence-electron chi connectivity index (χ4n) is 5.19. The second-order valence-electron chi connectivity index (χ2n) is 9.09. The summed E-state index contributed by atoms with van der Waals surface area (Å²) in [5.74, 6) is -0.902. The number of nitrogens with zero attached hydrogens (tertiary/aromatic N) is 1. The Hall–Kier alpha value is -3.35. The SMILES string of the molecule is CC[C@H](CC(=O)N1CCCC1CCC(=O)O)NC(=O)OCC1c2ccccc2-c2ccccc21. The van der Waals surface area contributed by atoms with Crippen LogP contribution in [0, 0.1) is 0 Å². The minimum Gasteiger partial charge on any atom is -0.481 e. The highest BCUT2D eigenvalue weighted by atomic mass is 16.5. The molecule has 1 fully saturated rings. The second kappa shape index (κ2) is 10.7. The van der Waals surface area contributed by atoms with Crippen LogP contribution >= 0.6 is 0 Å². The van der Waals surface area contributed by atoms with Crippen LogP contribution in [0.25, 0.3) is 11.1 Å². The van der Waals surface area contributed by atoms with E-state index in [1.807, 2.05) is 31.2 Å². The zero-order chi connectivity index (χ0) is 24.1. The molecular formula is C27H32N2O5. The van der Waals surface area contributed by atoms with Gasteiger partial charge in [0.05, 0.1) is 0 Å². The highest BCUT2D eigenvalue weighted by molar-refractivity contribution is 5.80. The van der Waals surface area contributed by atoms with E-state index in [0.717, 1.165) is 24.0 Å². The highest BCUT2D eigenvalue weighted by Gasteiger charge is 2.31. The van der Waals surface area contributed by atoms with Crippen molar-refractivity contribution >= 4 is 18.0 Å². The van der Waals surface area contributed by atoms with Crippen molar-refractivity contribution < 1.29 is 24.2 Å². The number of hydrogen-bond donors (Lipinski definition) is 2. The minimum absolute atomic E-state index is 0.0144. The van der Waals surface area contributed by atoms with Gasteiger partial charge in [-0.1, -0.05) is 55.5 Å². The van der Waals surface area contributed by atoms with E-state index in [9.17, 15) is 14.4 Å². The highest BCUT2D eigenvalue weighted by Crippen LogP contribution is 2.44. The standard InChI is InChI=1S/C27H32N2O5/c1-2-18(16-25(30)29-15-7-8-19(29)13-14-26(31)32)28-27(33)34-17-24-22-11-5-3-9-20(22)21-10-4-6-12-23(21)24/h3-6,9-12,18-19,24H,2,7-8,13-17H2,1H3,(H,28,33)(H,31,32)/t18-,19?/m1/s1. The molecule has 4 rings (SSSR count). The van der Waals surface area contributed by atoms with Gasteiger partial charge in [-0.2, -0.15) is 0 Å². The van der Waals surface area contributed by atoms with Gasteiger partial charge in [0.2, 0.25) is 5.91 Å². The lowest BCUT2D eigenvalue weighted by atomic mass is 9.98. The van der Waals surface area contributed by atoms with Crippen molar-refractivity contribution in [2.45, 2.75) is 63.5 Å². The molecule has 0 saturated carbocycles. The molecule has 2 aromatic rings. The lowest BCUT2D eigenvalue weighted by Crippen LogP contribution is -2.42. The zero-order valence-corrected chi connectivity index (χ0v) is 19.5. The molecule has 34 heavy (non-hydrogen) atoms. The molecule has 2 aromatic carbocycles. The van der Waals surface area contributed by atoms with E-state index in [2.05, 4.69) is 29.6 Å². The summed E-state index contributed by atoms with van der Waals surface area (Å²) in [4.78, 5) is 38.2. The Labute approximate surface area is 200 Å². The molecule has 2 atom stereocenters. The van der Waals surface area contributed by atoms with Crippen molar-refractivity contribution in [3.05, 3.63) is 59.7 Å². The molecule has 0 aromatic heterocycles. The van der Waals surface area contributed by atoms with Crippen LogP contribution in [-0.4, -0.2) is 53.2 Å². The number of likely N-dealkylation sites (tertiary alicyclic amines) is 1. The number of fused-ring (bicyclic) bond motifs is 3. The fourth-order valence-corrected chi connectivity index (χ4v) is 5.19. The van der Waals surface area contributed by atoms with Crippen LogP contribution in [0.4, 0.5) is 4.79 Å². The molecule has 7 nitrogen and oxygen atoms in total. The molecule has 2 aliphatic rings. The molecule has 1 heterocycles. The number of nitrogens with one attached hydrogen (secondary N) is 1. The Morgan fingerprint density at radius 2 is 1.74 bits per heavy atom. The first-order valence-corrected chi connectivity index (χ1v) is 12.1. The Morgan fingerprint density at radius 3 is 2.35 bits per heavy atom. The number of aliphatic carboxylic acids is 1. The topological polar surface area (TPSA) is 95.9 Å². The summed E-state index contributed by atoms with van der Waals surface area (Å²) in [6.45, 7) is 2.80. The van der Waals surface area contributed by atoms with Gasteiger partial charge in [0.15, 0.2) is 0 Å². The lowest BCUT2D eigenvalue weighted by molar-refractivity contribution is -0.139. The second-order valence-corrected chi connectivity index (χ2v) is 9.09. The van der Waals surface area contributed by atoms with Gasteiger partial charge in [0.1, 0.15) is 6.61 Å².